The van der Waals surface area contributed by atoms with Gasteiger partial charge in [0.25, 0.3) is 5.91 Å². The molecule has 0 bridgehead atoms. The van der Waals surface area contributed by atoms with Crippen LogP contribution in [0.5, 0.6) is 0 Å². The van der Waals surface area contributed by atoms with E-state index < -0.39 is 0 Å². The summed E-state index contributed by atoms with van der Waals surface area (Å²) in [6, 6.07) is 0.282. The Morgan fingerprint density at radius 2 is 2.38 bits per heavy atom. The van der Waals surface area contributed by atoms with Crippen molar-refractivity contribution >= 4 is 22.9 Å². The van der Waals surface area contributed by atoms with Crippen molar-refractivity contribution in [3.05, 3.63) is 29.0 Å². The molecule has 0 aliphatic heterocycles. The number of carbonyl (C=O) groups excluding carboxylic acids is 1. The van der Waals surface area contributed by atoms with Gasteiger partial charge in [-0.15, -0.1) is 11.3 Å². The molecule has 2 aromatic rings. The maximum absolute atomic E-state index is 11.7. The van der Waals surface area contributed by atoms with Crippen molar-refractivity contribution < 1.29 is 4.79 Å². The van der Waals surface area contributed by atoms with Crippen molar-refractivity contribution in [1.29, 1.82) is 0 Å². The normalized spacial score (nSPS) is 10.7. The maximum atomic E-state index is 11.7. The summed E-state index contributed by atoms with van der Waals surface area (Å²) in [5.41, 5.74) is 2.75. The van der Waals surface area contributed by atoms with E-state index in [0.29, 0.717) is 11.4 Å². The third-order valence-electron chi connectivity index (χ3n) is 2.05. The lowest BCUT2D eigenvalue weighted by Crippen LogP contribution is -2.11. The first-order valence-corrected chi connectivity index (χ1v) is 5.85. The zero-order chi connectivity index (χ0) is 11.5. The molecule has 2 rings (SSSR count). The van der Waals surface area contributed by atoms with Gasteiger partial charge in [-0.05, 0) is 13.8 Å². The van der Waals surface area contributed by atoms with Crippen LogP contribution in [0.15, 0.2) is 23.3 Å². The largest absolute Gasteiger partial charge is 0.318 e. The van der Waals surface area contributed by atoms with Crippen molar-refractivity contribution in [3.8, 4) is 0 Å². The van der Waals surface area contributed by atoms with Crippen LogP contribution in [0.25, 0.3) is 0 Å². The summed E-state index contributed by atoms with van der Waals surface area (Å²) in [4.78, 5) is 15.6. The highest BCUT2D eigenvalue weighted by Gasteiger charge is 2.09. The predicted molar refractivity (Wildman–Crippen MR) is 62.7 cm³/mol. The van der Waals surface area contributed by atoms with Crippen LogP contribution in [0.3, 0.4) is 0 Å². The Labute approximate surface area is 97.1 Å². The Morgan fingerprint density at radius 1 is 1.56 bits per heavy atom. The number of hydrogen-bond donors (Lipinski definition) is 1. The van der Waals surface area contributed by atoms with Gasteiger partial charge >= 0.3 is 0 Å². The third kappa shape index (κ3) is 2.27. The molecule has 0 unspecified atom stereocenters. The van der Waals surface area contributed by atoms with Crippen LogP contribution in [0.4, 0.5) is 5.69 Å². The lowest BCUT2D eigenvalue weighted by Gasteiger charge is -2.03. The molecule has 5 nitrogen and oxygen atoms in total. The second kappa shape index (κ2) is 4.44. The molecule has 1 amide bonds. The molecule has 0 spiro atoms. The zero-order valence-corrected chi connectivity index (χ0v) is 9.86. The molecule has 6 heteroatoms. The van der Waals surface area contributed by atoms with Gasteiger partial charge in [0.2, 0.25) is 0 Å². The lowest BCUT2D eigenvalue weighted by atomic mass is 10.4. The number of rotatable bonds is 3. The predicted octanol–water partition coefficient (Wildman–Crippen LogP) is 2.17. The summed E-state index contributed by atoms with van der Waals surface area (Å²) < 4.78 is 1.79. The van der Waals surface area contributed by atoms with Crippen LogP contribution in [0, 0.1) is 0 Å². The minimum Gasteiger partial charge on any atom is -0.318 e. The molecule has 0 aliphatic carbocycles. The molecule has 16 heavy (non-hydrogen) atoms. The van der Waals surface area contributed by atoms with Gasteiger partial charge in [0.1, 0.15) is 5.69 Å². The lowest BCUT2D eigenvalue weighted by molar-refractivity contribution is 0.102. The van der Waals surface area contributed by atoms with Crippen LogP contribution < -0.4 is 5.32 Å². The van der Waals surface area contributed by atoms with Crippen molar-refractivity contribution in [3.63, 3.8) is 0 Å². The Kier molecular flexibility index (Phi) is 3.00. The van der Waals surface area contributed by atoms with E-state index in [-0.39, 0.29) is 11.9 Å². The third-order valence-corrected chi connectivity index (χ3v) is 2.64. The number of nitrogens with one attached hydrogen (secondary N) is 1. The van der Waals surface area contributed by atoms with E-state index in [1.807, 2.05) is 13.8 Å². The minimum absolute atomic E-state index is 0.204. The molecule has 2 aromatic heterocycles. The summed E-state index contributed by atoms with van der Waals surface area (Å²) in [6.45, 7) is 4.05. The van der Waals surface area contributed by atoms with Gasteiger partial charge in [0.05, 0.1) is 17.4 Å². The van der Waals surface area contributed by atoms with Crippen molar-refractivity contribution in [2.75, 3.05) is 5.32 Å². The van der Waals surface area contributed by atoms with Crippen LogP contribution in [-0.2, 0) is 0 Å². The molecule has 0 saturated carbocycles. The maximum Gasteiger partial charge on any atom is 0.275 e. The molecule has 2 heterocycles. The highest BCUT2D eigenvalue weighted by molar-refractivity contribution is 7.07. The van der Waals surface area contributed by atoms with Gasteiger partial charge in [-0.2, -0.15) is 5.10 Å². The monoisotopic (exact) mass is 236 g/mol. The van der Waals surface area contributed by atoms with Gasteiger partial charge in [0.15, 0.2) is 0 Å². The fourth-order valence-corrected chi connectivity index (χ4v) is 1.74. The Hall–Kier alpha value is -1.69. The topological polar surface area (TPSA) is 59.8 Å². The smallest absolute Gasteiger partial charge is 0.275 e. The number of carbonyl (C=O) groups is 1. The molecular weight excluding hydrogens is 224 g/mol. The number of aromatic nitrogens is 3. The summed E-state index contributed by atoms with van der Waals surface area (Å²) in [6.07, 6.45) is 3.43. The molecule has 0 radical (unpaired) electrons. The summed E-state index contributed by atoms with van der Waals surface area (Å²) in [7, 11) is 0. The average molecular weight is 236 g/mol. The van der Waals surface area contributed by atoms with Crippen molar-refractivity contribution in [1.82, 2.24) is 14.8 Å². The first-order chi connectivity index (χ1) is 7.66. The van der Waals surface area contributed by atoms with E-state index in [1.54, 1.807) is 28.0 Å². The van der Waals surface area contributed by atoms with Gasteiger partial charge in [-0.3, -0.25) is 9.48 Å². The summed E-state index contributed by atoms with van der Waals surface area (Å²) >= 11 is 1.40. The Balaban J connectivity index is 2.07. The number of anilines is 1. The molecule has 1 N–H and O–H groups in total. The van der Waals surface area contributed by atoms with Crippen LogP contribution in [0.2, 0.25) is 0 Å². The second-order valence-electron chi connectivity index (χ2n) is 3.63. The van der Waals surface area contributed by atoms with E-state index in [9.17, 15) is 4.79 Å². The van der Waals surface area contributed by atoms with Gasteiger partial charge < -0.3 is 5.32 Å². The molecule has 0 saturated heterocycles. The number of hydrogen-bond acceptors (Lipinski definition) is 4. The van der Waals surface area contributed by atoms with E-state index >= 15 is 0 Å². The first kappa shape index (κ1) is 10.8. The quantitative estimate of drug-likeness (QED) is 0.888. The van der Waals surface area contributed by atoms with Gasteiger partial charge in [-0.1, -0.05) is 0 Å². The van der Waals surface area contributed by atoms with E-state index in [4.69, 9.17) is 0 Å². The standard InChI is InChI=1S/C10H12N4OS/c1-7(2)14-4-8(3-12-14)13-10(15)9-5-16-6-11-9/h3-7H,1-2H3,(H,13,15). The first-order valence-electron chi connectivity index (χ1n) is 4.90. The molecule has 84 valence electrons. The fraction of sp³-hybridized carbons (Fsp3) is 0.300. The summed E-state index contributed by atoms with van der Waals surface area (Å²) in [5.74, 6) is -0.204. The molecular formula is C10H12N4OS. The summed E-state index contributed by atoms with van der Waals surface area (Å²) in [5, 5.41) is 8.59. The van der Waals surface area contributed by atoms with E-state index in [1.165, 1.54) is 11.3 Å². The van der Waals surface area contributed by atoms with Crippen LogP contribution in [0.1, 0.15) is 30.4 Å². The minimum atomic E-state index is -0.204. The molecule has 0 atom stereocenters. The van der Waals surface area contributed by atoms with Gasteiger partial charge in [0, 0.05) is 17.6 Å². The van der Waals surface area contributed by atoms with E-state index in [2.05, 4.69) is 15.4 Å². The van der Waals surface area contributed by atoms with E-state index in [0.717, 1.165) is 0 Å². The Morgan fingerprint density at radius 3 is 2.94 bits per heavy atom. The fourth-order valence-electron chi connectivity index (χ4n) is 1.20. The molecule has 0 aliphatic rings. The zero-order valence-electron chi connectivity index (χ0n) is 9.04. The Bertz CT molecular complexity index is 475. The molecule has 0 aromatic carbocycles. The highest BCUT2D eigenvalue weighted by Crippen LogP contribution is 2.11. The number of nitrogens with zero attached hydrogens (tertiary/aromatic N) is 3. The van der Waals surface area contributed by atoms with Crippen LogP contribution >= 0.6 is 11.3 Å². The molecule has 0 fully saturated rings. The highest BCUT2D eigenvalue weighted by atomic mass is 32.1. The van der Waals surface area contributed by atoms with Crippen LogP contribution in [-0.4, -0.2) is 20.7 Å². The van der Waals surface area contributed by atoms with Crippen molar-refractivity contribution in [2.45, 2.75) is 19.9 Å². The van der Waals surface area contributed by atoms with Crippen molar-refractivity contribution in [2.24, 2.45) is 0 Å². The number of thiazole rings is 1. The second-order valence-corrected chi connectivity index (χ2v) is 4.35. The number of amides is 1. The van der Waals surface area contributed by atoms with Gasteiger partial charge in [-0.25, -0.2) is 4.98 Å². The average Bonchev–Trinajstić information content (AvgIpc) is 2.87. The SMILES string of the molecule is CC(C)n1cc(NC(=O)c2cscn2)cn1.